The third kappa shape index (κ3) is 2.70. The minimum Gasteiger partial charge on any atom is -0.469 e. The van der Waals surface area contributed by atoms with Crippen LogP contribution < -0.4 is 14.8 Å². The minimum atomic E-state index is -3.66. The Labute approximate surface area is 170 Å². The first-order chi connectivity index (χ1) is 13.8. The maximum atomic E-state index is 12.8. The number of nitrogens with one attached hydrogen (secondary N) is 2. The van der Waals surface area contributed by atoms with E-state index < -0.39 is 10.0 Å². The zero-order valence-electron chi connectivity index (χ0n) is 16.5. The van der Waals surface area contributed by atoms with Gasteiger partial charge in [-0.25, -0.2) is 8.42 Å². The molecule has 3 aromatic rings. The highest BCUT2D eigenvalue weighted by atomic mass is 32.2. The Bertz CT molecular complexity index is 1240. The molecule has 0 amide bonds. The predicted molar refractivity (Wildman–Crippen MR) is 114 cm³/mol. The van der Waals surface area contributed by atoms with Crippen LogP contribution in [0.1, 0.15) is 29.2 Å². The monoisotopic (exact) mass is 406 g/mol. The van der Waals surface area contributed by atoms with Crippen molar-refractivity contribution in [1.29, 1.82) is 0 Å². The highest BCUT2D eigenvalue weighted by Gasteiger charge is 2.52. The topological polar surface area (TPSA) is 67.4 Å². The van der Waals surface area contributed by atoms with Gasteiger partial charge >= 0.3 is 0 Å². The van der Waals surface area contributed by atoms with Gasteiger partial charge in [0.15, 0.2) is 6.23 Å². The quantitative estimate of drug-likeness (QED) is 0.669. The third-order valence-electron chi connectivity index (χ3n) is 5.91. The van der Waals surface area contributed by atoms with Crippen LogP contribution >= 0.6 is 0 Å². The molecule has 6 heteroatoms. The van der Waals surface area contributed by atoms with Crippen molar-refractivity contribution in [3.8, 4) is 5.75 Å². The molecule has 2 N–H and O–H groups in total. The van der Waals surface area contributed by atoms with Gasteiger partial charge in [0, 0.05) is 16.9 Å². The van der Waals surface area contributed by atoms with Gasteiger partial charge in [-0.3, -0.25) is 4.72 Å². The van der Waals surface area contributed by atoms with E-state index in [-0.39, 0.29) is 16.5 Å². The molecule has 148 valence electrons. The number of benzene rings is 3. The van der Waals surface area contributed by atoms with Crippen LogP contribution in [-0.2, 0) is 15.4 Å². The molecule has 0 aliphatic carbocycles. The number of hydrogen-bond acceptors (Lipinski definition) is 4. The Morgan fingerprint density at radius 2 is 1.66 bits per heavy atom. The van der Waals surface area contributed by atoms with Crippen LogP contribution in [0.15, 0.2) is 65.6 Å². The fourth-order valence-corrected chi connectivity index (χ4v) is 5.28. The van der Waals surface area contributed by atoms with Gasteiger partial charge in [-0.15, -0.1) is 0 Å². The molecule has 2 heterocycles. The van der Waals surface area contributed by atoms with Crippen LogP contribution in [0, 0.1) is 13.8 Å². The highest BCUT2D eigenvalue weighted by Crippen LogP contribution is 2.54. The molecule has 5 nitrogen and oxygen atoms in total. The second kappa shape index (κ2) is 6.00. The van der Waals surface area contributed by atoms with Crippen molar-refractivity contribution in [2.24, 2.45) is 0 Å². The van der Waals surface area contributed by atoms with Crippen molar-refractivity contribution in [3.05, 3.63) is 82.9 Å². The fraction of sp³-hybridized carbons (Fsp3) is 0.217. The lowest BCUT2D eigenvalue weighted by Gasteiger charge is -2.23. The average molecular weight is 407 g/mol. The normalized spacial score (nSPS) is 21.6. The molecule has 2 aliphatic rings. The van der Waals surface area contributed by atoms with E-state index in [0.717, 1.165) is 22.6 Å². The number of hydrogen-bond donors (Lipinski definition) is 2. The van der Waals surface area contributed by atoms with Crippen molar-refractivity contribution in [2.45, 2.75) is 37.3 Å². The summed E-state index contributed by atoms with van der Waals surface area (Å²) in [7, 11) is -3.66. The largest absolute Gasteiger partial charge is 0.469 e. The number of ether oxygens (including phenoxy) is 1. The Morgan fingerprint density at radius 1 is 0.931 bits per heavy atom. The molecule has 2 atom stereocenters. The van der Waals surface area contributed by atoms with Gasteiger partial charge in [-0.05, 0) is 62.7 Å². The lowest BCUT2D eigenvalue weighted by Crippen LogP contribution is -2.35. The van der Waals surface area contributed by atoms with Crippen molar-refractivity contribution in [3.63, 3.8) is 0 Å². The molecule has 0 fully saturated rings. The van der Waals surface area contributed by atoms with Gasteiger partial charge in [0.2, 0.25) is 0 Å². The van der Waals surface area contributed by atoms with Gasteiger partial charge in [0.05, 0.1) is 10.3 Å². The summed E-state index contributed by atoms with van der Waals surface area (Å²) < 4.78 is 34.5. The van der Waals surface area contributed by atoms with Crippen molar-refractivity contribution in [2.75, 3.05) is 10.0 Å². The summed E-state index contributed by atoms with van der Waals surface area (Å²) in [5.41, 5.74) is 5.53. The molecule has 0 bridgehead atoms. The second-order valence-electron chi connectivity index (χ2n) is 8.02. The van der Waals surface area contributed by atoms with E-state index in [9.17, 15) is 8.42 Å². The molecule has 2 aliphatic heterocycles. The summed E-state index contributed by atoms with van der Waals surface area (Å²) in [6, 6.07) is 18.6. The van der Waals surface area contributed by atoms with Crippen molar-refractivity contribution >= 4 is 21.4 Å². The summed E-state index contributed by atoms with van der Waals surface area (Å²) in [5, 5.41) is 3.45. The van der Waals surface area contributed by atoms with Gasteiger partial charge in [-0.1, -0.05) is 35.4 Å². The number of rotatable bonds is 3. The summed E-state index contributed by atoms with van der Waals surface area (Å²) >= 11 is 0. The highest BCUT2D eigenvalue weighted by molar-refractivity contribution is 7.92. The SMILES string of the molecule is Cc1ccc(S(=O)(=O)Nc2ccc3c(c2)[C@]2(C)c4cc(C)ccc4N[C@@H]2O3)cc1. The molecular formula is C23H22N2O3S. The summed E-state index contributed by atoms with van der Waals surface area (Å²) in [6.07, 6.45) is -0.210. The van der Waals surface area contributed by atoms with Crippen molar-refractivity contribution < 1.29 is 13.2 Å². The van der Waals surface area contributed by atoms with Crippen molar-refractivity contribution in [1.82, 2.24) is 0 Å². The van der Waals surface area contributed by atoms with E-state index in [4.69, 9.17) is 4.74 Å². The molecule has 0 unspecified atom stereocenters. The van der Waals surface area contributed by atoms with Gasteiger partial charge in [-0.2, -0.15) is 0 Å². The van der Waals surface area contributed by atoms with Gasteiger partial charge < -0.3 is 10.1 Å². The molecule has 0 spiro atoms. The Balaban J connectivity index is 1.54. The lowest BCUT2D eigenvalue weighted by molar-refractivity contribution is 0.217. The summed E-state index contributed by atoms with van der Waals surface area (Å²) in [4.78, 5) is 0.243. The molecule has 29 heavy (non-hydrogen) atoms. The first kappa shape index (κ1) is 18.1. The molecule has 5 rings (SSSR count). The summed E-state index contributed by atoms with van der Waals surface area (Å²) in [6.45, 7) is 6.14. The van der Waals surface area contributed by atoms with Crippen LogP contribution in [0.2, 0.25) is 0 Å². The third-order valence-corrected chi connectivity index (χ3v) is 7.31. The average Bonchev–Trinajstić information content (AvgIpc) is 3.11. The predicted octanol–water partition coefficient (Wildman–Crippen LogP) is 4.55. The molecule has 0 saturated heterocycles. The van der Waals surface area contributed by atoms with Crippen LogP contribution in [-0.4, -0.2) is 14.6 Å². The smallest absolute Gasteiger partial charge is 0.261 e. The van der Waals surface area contributed by atoms with E-state index in [1.54, 1.807) is 30.3 Å². The van der Waals surface area contributed by atoms with Crippen LogP contribution in [0.4, 0.5) is 11.4 Å². The second-order valence-corrected chi connectivity index (χ2v) is 9.71. The molecule has 0 saturated carbocycles. The maximum Gasteiger partial charge on any atom is 0.261 e. The fourth-order valence-electron chi connectivity index (χ4n) is 4.23. The zero-order chi connectivity index (χ0) is 20.4. The van der Waals surface area contributed by atoms with Crippen LogP contribution in [0.25, 0.3) is 0 Å². The zero-order valence-corrected chi connectivity index (χ0v) is 17.3. The van der Waals surface area contributed by atoms with E-state index in [1.807, 2.05) is 19.1 Å². The first-order valence-corrected chi connectivity index (χ1v) is 11.0. The Morgan fingerprint density at radius 3 is 2.41 bits per heavy atom. The first-order valence-electron chi connectivity index (χ1n) is 9.56. The number of fused-ring (bicyclic) bond motifs is 5. The summed E-state index contributed by atoms with van der Waals surface area (Å²) in [5.74, 6) is 0.774. The molecule has 3 aromatic carbocycles. The lowest BCUT2D eigenvalue weighted by atomic mass is 9.77. The Kier molecular flexibility index (Phi) is 3.74. The number of aryl methyl sites for hydroxylation is 2. The molecular weight excluding hydrogens is 384 g/mol. The van der Waals surface area contributed by atoms with Crippen LogP contribution in [0.3, 0.4) is 0 Å². The van der Waals surface area contributed by atoms with E-state index in [0.29, 0.717) is 5.69 Å². The van der Waals surface area contributed by atoms with E-state index >= 15 is 0 Å². The standard InChI is InChI=1S/C23H22N2O3S/c1-14-4-8-17(9-5-14)29(26,27)25-16-7-11-21-19(13-16)23(3)18-12-15(2)6-10-20(18)24-22(23)28-21/h4-13,22,24-25H,1-3H3/t22-,23+/m1/s1. The Hall–Kier alpha value is -2.99. The molecule has 0 aromatic heterocycles. The number of sulfonamides is 1. The molecule has 0 radical (unpaired) electrons. The van der Waals surface area contributed by atoms with E-state index in [2.05, 4.69) is 42.1 Å². The maximum absolute atomic E-state index is 12.8. The minimum absolute atomic E-state index is 0.210. The van der Waals surface area contributed by atoms with Crippen LogP contribution in [0.5, 0.6) is 5.75 Å². The van der Waals surface area contributed by atoms with Gasteiger partial charge in [0.1, 0.15) is 5.75 Å². The number of anilines is 2. The van der Waals surface area contributed by atoms with E-state index in [1.165, 1.54) is 11.1 Å². The van der Waals surface area contributed by atoms with Gasteiger partial charge in [0.25, 0.3) is 10.0 Å².